The molecule has 0 radical (unpaired) electrons. The quantitative estimate of drug-likeness (QED) is 0.106. The van der Waals surface area contributed by atoms with E-state index in [0.717, 1.165) is 4.31 Å². The number of ether oxygens (including phenoxy) is 2. The van der Waals surface area contributed by atoms with Crippen molar-refractivity contribution in [1.29, 1.82) is 0 Å². The Balaban J connectivity index is 1.36. The smallest absolute Gasteiger partial charge is 0.313 e. The number of nitrogens with zero attached hydrogens (tertiary/aromatic N) is 2. The average Bonchev–Trinajstić information content (AvgIpc) is 3.50. The molecule has 1 aromatic heterocycles. The number of carbonyl (C=O) groups is 3. The molecule has 0 spiro atoms. The van der Waals surface area contributed by atoms with E-state index in [-0.39, 0.29) is 35.2 Å². The van der Waals surface area contributed by atoms with E-state index in [9.17, 15) is 22.8 Å². The first-order valence-electron chi connectivity index (χ1n) is 13.7. The summed E-state index contributed by atoms with van der Waals surface area (Å²) in [7, 11) is -1.35. The Labute approximate surface area is 280 Å². The van der Waals surface area contributed by atoms with E-state index in [1.54, 1.807) is 30.3 Å². The van der Waals surface area contributed by atoms with E-state index in [2.05, 4.69) is 21.2 Å². The summed E-state index contributed by atoms with van der Waals surface area (Å²) < 4.78 is 44.3. The van der Waals surface area contributed by atoms with Crippen LogP contribution in [0.25, 0.3) is 0 Å². The first kappa shape index (κ1) is 35.0. The van der Waals surface area contributed by atoms with Crippen molar-refractivity contribution < 1.29 is 36.7 Å². The third-order valence-electron chi connectivity index (χ3n) is 6.33. The van der Waals surface area contributed by atoms with Crippen molar-refractivity contribution >= 4 is 62.8 Å². The van der Waals surface area contributed by atoms with Crippen LogP contribution in [0.1, 0.15) is 17.1 Å². The van der Waals surface area contributed by atoms with E-state index in [0.29, 0.717) is 27.1 Å². The van der Waals surface area contributed by atoms with Crippen molar-refractivity contribution in [3.8, 4) is 11.5 Å². The lowest BCUT2D eigenvalue weighted by molar-refractivity contribution is -0.136. The van der Waals surface area contributed by atoms with E-state index >= 15 is 0 Å². The van der Waals surface area contributed by atoms with Gasteiger partial charge in [-0.05, 0) is 48.0 Å². The molecule has 0 unspecified atom stereocenters. The SMILES string of the molecule is COc1ccc(S(=O)(=O)N(CC(=O)N/N=C\c2ccc(CNC(=O)C(=O)Nc3cc(Cl)cc(Cl)c3)o2)Cc2ccccc2)cc1OC. The fourth-order valence-electron chi connectivity index (χ4n) is 4.12. The number of carbonyl (C=O) groups excluding carboxylic acids is 3. The van der Waals surface area contributed by atoms with E-state index in [1.807, 2.05) is 0 Å². The van der Waals surface area contributed by atoms with Gasteiger partial charge in [0, 0.05) is 28.3 Å². The Morgan fingerprint density at radius 3 is 2.28 bits per heavy atom. The van der Waals surface area contributed by atoms with Crippen molar-refractivity contribution in [2.75, 3.05) is 26.1 Å². The molecule has 13 nitrogen and oxygen atoms in total. The molecular formula is C31H29Cl2N5O8S. The Bertz CT molecular complexity index is 1860. The topological polar surface area (TPSA) is 169 Å². The molecule has 4 aromatic rings. The molecule has 1 heterocycles. The average molecular weight is 703 g/mol. The van der Waals surface area contributed by atoms with Crippen molar-refractivity contribution in [1.82, 2.24) is 15.0 Å². The molecule has 0 aliphatic rings. The number of hydrazone groups is 1. The van der Waals surface area contributed by atoms with Gasteiger partial charge in [0.15, 0.2) is 11.5 Å². The van der Waals surface area contributed by atoms with Crippen LogP contribution in [0, 0.1) is 0 Å². The summed E-state index contributed by atoms with van der Waals surface area (Å²) in [5.74, 6) is -1.51. The number of sulfonamides is 1. The largest absolute Gasteiger partial charge is 0.493 e. The summed E-state index contributed by atoms with van der Waals surface area (Å²) in [6.45, 7) is -0.764. The summed E-state index contributed by atoms with van der Waals surface area (Å²) in [4.78, 5) is 37.1. The van der Waals surface area contributed by atoms with Crippen LogP contribution < -0.4 is 25.5 Å². The Morgan fingerprint density at radius 1 is 0.894 bits per heavy atom. The maximum Gasteiger partial charge on any atom is 0.313 e. The maximum absolute atomic E-state index is 13.6. The fraction of sp³-hybridized carbons (Fsp3) is 0.161. The molecule has 3 N–H and O–H groups in total. The van der Waals surface area contributed by atoms with Gasteiger partial charge in [0.1, 0.15) is 11.5 Å². The van der Waals surface area contributed by atoms with Crippen molar-refractivity contribution in [2.45, 2.75) is 18.0 Å². The highest BCUT2D eigenvalue weighted by molar-refractivity contribution is 7.89. The Kier molecular flexibility index (Phi) is 12.0. The molecule has 16 heteroatoms. The molecule has 0 aliphatic carbocycles. The highest BCUT2D eigenvalue weighted by Gasteiger charge is 2.28. The third kappa shape index (κ3) is 9.80. The minimum atomic E-state index is -4.18. The zero-order valence-corrected chi connectivity index (χ0v) is 27.4. The first-order valence-corrected chi connectivity index (χ1v) is 15.9. The predicted molar refractivity (Wildman–Crippen MR) is 175 cm³/mol. The monoisotopic (exact) mass is 701 g/mol. The van der Waals surface area contributed by atoms with Gasteiger partial charge in [-0.1, -0.05) is 53.5 Å². The number of methoxy groups -OCH3 is 2. The molecule has 0 saturated carbocycles. The Hall–Kier alpha value is -4.89. The third-order valence-corrected chi connectivity index (χ3v) is 8.55. The van der Waals surface area contributed by atoms with Crippen LogP contribution in [0.5, 0.6) is 11.5 Å². The summed E-state index contributed by atoms with van der Waals surface area (Å²) in [5.41, 5.74) is 3.21. The van der Waals surface area contributed by atoms with E-state index < -0.39 is 34.3 Å². The number of furan rings is 1. The molecule has 3 amide bonds. The molecular weight excluding hydrogens is 673 g/mol. The molecule has 0 aliphatic heterocycles. The van der Waals surface area contributed by atoms with Gasteiger partial charge >= 0.3 is 11.8 Å². The minimum Gasteiger partial charge on any atom is -0.493 e. The van der Waals surface area contributed by atoms with Crippen molar-refractivity contribution in [2.24, 2.45) is 5.10 Å². The van der Waals surface area contributed by atoms with Crippen molar-refractivity contribution in [3.63, 3.8) is 0 Å². The zero-order chi connectivity index (χ0) is 34.0. The van der Waals surface area contributed by atoms with Crippen LogP contribution in [0.15, 0.2) is 93.3 Å². The number of halogens is 2. The molecule has 0 atom stereocenters. The van der Waals surface area contributed by atoms with Crippen LogP contribution in [0.4, 0.5) is 5.69 Å². The summed E-state index contributed by atoms with van der Waals surface area (Å²) in [6.07, 6.45) is 1.20. The lowest BCUT2D eigenvalue weighted by Gasteiger charge is -2.22. The van der Waals surface area contributed by atoms with Crippen LogP contribution in [-0.4, -0.2) is 57.4 Å². The second-order valence-electron chi connectivity index (χ2n) is 9.67. The van der Waals surface area contributed by atoms with Gasteiger partial charge < -0.3 is 24.5 Å². The highest BCUT2D eigenvalue weighted by Crippen LogP contribution is 2.31. The van der Waals surface area contributed by atoms with Gasteiger partial charge in [0.2, 0.25) is 10.0 Å². The number of amides is 3. The lowest BCUT2D eigenvalue weighted by Crippen LogP contribution is -2.39. The Morgan fingerprint density at radius 2 is 1.60 bits per heavy atom. The normalized spacial score (nSPS) is 11.3. The predicted octanol–water partition coefficient (Wildman–Crippen LogP) is 4.20. The fourth-order valence-corrected chi connectivity index (χ4v) is 6.05. The number of nitrogens with one attached hydrogen (secondary N) is 3. The molecule has 0 bridgehead atoms. The summed E-state index contributed by atoms with van der Waals surface area (Å²) >= 11 is 11.8. The van der Waals surface area contributed by atoms with Crippen LogP contribution in [0.2, 0.25) is 10.0 Å². The summed E-state index contributed by atoms with van der Waals surface area (Å²) in [6, 6.07) is 20.4. The second kappa shape index (κ2) is 16.1. The number of hydrogen-bond acceptors (Lipinski definition) is 9. The standard InChI is InChI=1S/C31H29Cl2N5O8S/c1-44-27-11-10-26(15-28(27)45-2)47(42,43)38(18-20-6-4-3-5-7-20)19-29(39)37-35-17-25-9-8-24(46-25)16-34-30(40)31(41)36-23-13-21(32)12-22(33)14-23/h3-15,17H,16,18-19H2,1-2H3,(H,34,40)(H,36,41)(H,37,39)/b35-17-. The van der Waals surface area contributed by atoms with Gasteiger partial charge in [0.25, 0.3) is 5.91 Å². The summed E-state index contributed by atoms with van der Waals surface area (Å²) in [5, 5.41) is 9.25. The molecule has 0 fully saturated rings. The van der Waals surface area contributed by atoms with Gasteiger partial charge in [-0.15, -0.1) is 0 Å². The van der Waals surface area contributed by atoms with Gasteiger partial charge in [-0.2, -0.15) is 9.41 Å². The first-order chi connectivity index (χ1) is 22.5. The second-order valence-corrected chi connectivity index (χ2v) is 12.5. The molecule has 0 saturated heterocycles. The van der Waals surface area contributed by atoms with Gasteiger partial charge in [-0.3, -0.25) is 14.4 Å². The van der Waals surface area contributed by atoms with Crippen molar-refractivity contribution in [3.05, 3.63) is 106 Å². The zero-order valence-electron chi connectivity index (χ0n) is 25.0. The van der Waals surface area contributed by atoms with Gasteiger partial charge in [-0.25, -0.2) is 13.8 Å². The number of hydrogen-bond donors (Lipinski definition) is 3. The molecule has 3 aromatic carbocycles. The van der Waals surface area contributed by atoms with Gasteiger partial charge in [0.05, 0.1) is 38.4 Å². The van der Waals surface area contributed by atoms with E-state index in [4.69, 9.17) is 37.1 Å². The number of rotatable bonds is 13. The molecule has 246 valence electrons. The highest BCUT2D eigenvalue weighted by atomic mass is 35.5. The molecule has 4 rings (SSSR count). The lowest BCUT2D eigenvalue weighted by atomic mass is 10.2. The number of benzene rings is 3. The van der Waals surface area contributed by atoms with Crippen LogP contribution in [-0.2, 0) is 37.5 Å². The van der Waals surface area contributed by atoms with Crippen LogP contribution >= 0.6 is 23.2 Å². The van der Waals surface area contributed by atoms with E-state index in [1.165, 1.54) is 69.0 Å². The maximum atomic E-state index is 13.6. The number of anilines is 1. The molecule has 47 heavy (non-hydrogen) atoms. The minimum absolute atomic E-state index is 0.0905. The van der Waals surface area contributed by atoms with Crippen LogP contribution in [0.3, 0.4) is 0 Å².